The van der Waals surface area contributed by atoms with Crippen LogP contribution in [0.4, 0.5) is 0 Å². The van der Waals surface area contributed by atoms with E-state index in [4.69, 9.17) is 5.11 Å². The molecule has 4 heteroatoms. The first-order valence-electron chi connectivity index (χ1n) is 3.21. The molecule has 0 bridgehead atoms. The van der Waals surface area contributed by atoms with Gasteiger partial charge in [0.25, 0.3) is 0 Å². The fraction of sp³-hybridized carbons (Fsp3) is 1.00. The van der Waals surface area contributed by atoms with Crippen LogP contribution in [0, 0.1) is 4.91 Å². The van der Waals surface area contributed by atoms with Gasteiger partial charge in [-0.2, -0.15) is 4.91 Å². The Labute approximate surface area is 55.8 Å². The van der Waals surface area contributed by atoms with Gasteiger partial charge in [0.1, 0.15) is 7.85 Å². The SMILES string of the molecule is BCC(O)CC(C)N=O. The molecular weight excluding hydrogens is 117 g/mol. The van der Waals surface area contributed by atoms with E-state index in [0.717, 1.165) is 0 Å². The van der Waals surface area contributed by atoms with Crippen molar-refractivity contribution in [1.29, 1.82) is 0 Å². The zero-order valence-electron chi connectivity index (χ0n) is 5.87. The highest BCUT2D eigenvalue weighted by Crippen LogP contribution is 2.02. The zero-order valence-corrected chi connectivity index (χ0v) is 5.87. The van der Waals surface area contributed by atoms with Gasteiger partial charge in [-0.15, -0.1) is 0 Å². The molecule has 0 aliphatic rings. The van der Waals surface area contributed by atoms with Gasteiger partial charge in [0.05, 0.1) is 6.04 Å². The van der Waals surface area contributed by atoms with E-state index in [-0.39, 0.29) is 12.1 Å². The minimum atomic E-state index is -0.363. The molecule has 2 unspecified atom stereocenters. The van der Waals surface area contributed by atoms with E-state index in [1.165, 1.54) is 0 Å². The van der Waals surface area contributed by atoms with E-state index in [1.807, 2.05) is 7.85 Å². The summed E-state index contributed by atoms with van der Waals surface area (Å²) in [4.78, 5) is 9.80. The summed E-state index contributed by atoms with van der Waals surface area (Å²) < 4.78 is 0. The number of nitroso groups, excluding NO2 is 1. The third-order valence-corrected chi connectivity index (χ3v) is 1.26. The lowest BCUT2D eigenvalue weighted by Crippen LogP contribution is -2.12. The smallest absolute Gasteiger partial charge is 0.104 e. The van der Waals surface area contributed by atoms with Crippen LogP contribution < -0.4 is 0 Å². The Hall–Kier alpha value is -0.375. The minimum Gasteiger partial charge on any atom is -0.394 e. The monoisotopic (exact) mass is 129 g/mol. The summed E-state index contributed by atoms with van der Waals surface area (Å²) in [6, 6.07) is -0.250. The van der Waals surface area contributed by atoms with Gasteiger partial charge >= 0.3 is 0 Å². The number of rotatable bonds is 4. The van der Waals surface area contributed by atoms with E-state index in [9.17, 15) is 4.91 Å². The molecule has 0 fully saturated rings. The maximum Gasteiger partial charge on any atom is 0.104 e. The Balaban J connectivity index is 3.33. The summed E-state index contributed by atoms with van der Waals surface area (Å²) in [5.41, 5.74) is 0. The minimum absolute atomic E-state index is 0.250. The van der Waals surface area contributed by atoms with Gasteiger partial charge in [-0.3, -0.25) is 0 Å². The second kappa shape index (κ2) is 4.50. The largest absolute Gasteiger partial charge is 0.394 e. The lowest BCUT2D eigenvalue weighted by molar-refractivity contribution is 0.177. The molecule has 2 atom stereocenters. The molecule has 0 aromatic heterocycles. The number of aliphatic hydroxyl groups is 1. The first-order chi connectivity index (χ1) is 4.20. The Kier molecular flexibility index (Phi) is 4.31. The van der Waals surface area contributed by atoms with Gasteiger partial charge in [-0.1, -0.05) is 11.5 Å². The summed E-state index contributed by atoms with van der Waals surface area (Å²) in [6.07, 6.45) is 0.817. The molecule has 0 rings (SSSR count). The maximum atomic E-state index is 9.80. The quantitative estimate of drug-likeness (QED) is 0.427. The Morgan fingerprint density at radius 2 is 2.33 bits per heavy atom. The highest BCUT2D eigenvalue weighted by atomic mass is 16.3. The summed E-state index contributed by atoms with van der Waals surface area (Å²) in [5.74, 6) is 0. The van der Waals surface area contributed by atoms with Crippen molar-refractivity contribution in [2.24, 2.45) is 5.18 Å². The van der Waals surface area contributed by atoms with E-state index >= 15 is 0 Å². The number of hydrogen-bond acceptors (Lipinski definition) is 3. The Morgan fingerprint density at radius 1 is 1.78 bits per heavy atom. The van der Waals surface area contributed by atoms with Crippen LogP contribution >= 0.6 is 0 Å². The van der Waals surface area contributed by atoms with Crippen molar-refractivity contribution in [2.45, 2.75) is 31.8 Å². The van der Waals surface area contributed by atoms with Gasteiger partial charge in [-0.05, 0) is 13.3 Å². The topological polar surface area (TPSA) is 49.7 Å². The summed E-state index contributed by atoms with van der Waals surface area (Å²) >= 11 is 0. The van der Waals surface area contributed by atoms with Crippen LogP contribution in [-0.2, 0) is 0 Å². The molecule has 9 heavy (non-hydrogen) atoms. The molecule has 0 saturated carbocycles. The average molecular weight is 129 g/mol. The molecule has 0 radical (unpaired) electrons. The van der Waals surface area contributed by atoms with Crippen molar-refractivity contribution >= 4 is 7.85 Å². The first kappa shape index (κ1) is 8.62. The second-order valence-corrected chi connectivity index (χ2v) is 2.25. The van der Waals surface area contributed by atoms with E-state index in [0.29, 0.717) is 12.7 Å². The lowest BCUT2D eigenvalue weighted by atomic mass is 9.95. The normalized spacial score (nSPS) is 16.7. The molecule has 3 nitrogen and oxygen atoms in total. The molecular formula is C5H12BNO2. The predicted molar refractivity (Wildman–Crippen MR) is 39.2 cm³/mol. The van der Waals surface area contributed by atoms with Crippen molar-refractivity contribution < 1.29 is 5.11 Å². The van der Waals surface area contributed by atoms with Crippen molar-refractivity contribution in [3.63, 3.8) is 0 Å². The maximum absolute atomic E-state index is 9.80. The van der Waals surface area contributed by atoms with Crippen molar-refractivity contribution in [3.05, 3.63) is 4.91 Å². The highest BCUT2D eigenvalue weighted by molar-refractivity contribution is 6.08. The third-order valence-electron chi connectivity index (χ3n) is 1.26. The summed E-state index contributed by atoms with van der Waals surface area (Å²) in [7, 11) is 1.88. The molecule has 0 aromatic carbocycles. The number of hydrogen-bond donors (Lipinski definition) is 1. The van der Waals surface area contributed by atoms with Crippen LogP contribution in [0.2, 0.25) is 6.32 Å². The van der Waals surface area contributed by atoms with Crippen molar-refractivity contribution in [1.82, 2.24) is 0 Å². The predicted octanol–water partition coefficient (Wildman–Crippen LogP) is -0.0563. The molecule has 0 amide bonds. The van der Waals surface area contributed by atoms with Crippen LogP contribution in [0.25, 0.3) is 0 Å². The van der Waals surface area contributed by atoms with Crippen LogP contribution in [0.5, 0.6) is 0 Å². The second-order valence-electron chi connectivity index (χ2n) is 2.25. The lowest BCUT2D eigenvalue weighted by Gasteiger charge is -2.07. The third kappa shape index (κ3) is 4.15. The molecule has 52 valence electrons. The number of aliphatic hydroxyl groups excluding tert-OH is 1. The molecule has 0 aliphatic carbocycles. The molecule has 0 spiro atoms. The van der Waals surface area contributed by atoms with Crippen LogP contribution in [0.15, 0.2) is 5.18 Å². The van der Waals surface area contributed by atoms with Crippen LogP contribution in [0.3, 0.4) is 0 Å². The van der Waals surface area contributed by atoms with E-state index in [2.05, 4.69) is 5.18 Å². The molecule has 0 saturated heterocycles. The van der Waals surface area contributed by atoms with E-state index < -0.39 is 0 Å². The fourth-order valence-electron chi connectivity index (χ4n) is 0.603. The van der Waals surface area contributed by atoms with Gasteiger partial charge in [-0.25, -0.2) is 0 Å². The number of nitrogens with zero attached hydrogens (tertiary/aromatic N) is 1. The first-order valence-corrected chi connectivity index (χ1v) is 3.21. The van der Waals surface area contributed by atoms with Crippen LogP contribution in [0.1, 0.15) is 13.3 Å². The standard InChI is InChI=1S/C5H12BNO2/c1-4(7-9)2-5(8)3-6/h4-5,8H,2-3,6H2,1H3. The summed E-state index contributed by atoms with van der Waals surface area (Å²) in [6.45, 7) is 1.70. The van der Waals surface area contributed by atoms with Gasteiger partial charge in [0.15, 0.2) is 0 Å². The molecule has 0 aromatic rings. The van der Waals surface area contributed by atoms with Gasteiger partial charge in [0.2, 0.25) is 0 Å². The van der Waals surface area contributed by atoms with Crippen molar-refractivity contribution in [3.8, 4) is 0 Å². The Morgan fingerprint density at radius 3 is 2.67 bits per heavy atom. The van der Waals surface area contributed by atoms with Gasteiger partial charge < -0.3 is 5.11 Å². The average Bonchev–Trinajstić information content (AvgIpc) is 1.87. The molecule has 1 N–H and O–H groups in total. The fourth-order valence-corrected chi connectivity index (χ4v) is 0.603. The zero-order chi connectivity index (χ0) is 7.28. The molecule has 0 aliphatic heterocycles. The van der Waals surface area contributed by atoms with Gasteiger partial charge in [0, 0.05) is 6.10 Å². The van der Waals surface area contributed by atoms with Crippen LogP contribution in [-0.4, -0.2) is 25.1 Å². The Bertz CT molecular complexity index is 89.0. The van der Waals surface area contributed by atoms with Crippen molar-refractivity contribution in [2.75, 3.05) is 0 Å². The summed E-state index contributed by atoms with van der Waals surface area (Å²) in [5, 5.41) is 11.7. The van der Waals surface area contributed by atoms with E-state index in [1.54, 1.807) is 6.92 Å². The highest BCUT2D eigenvalue weighted by Gasteiger charge is 2.06. The molecule has 0 heterocycles.